The van der Waals surface area contributed by atoms with Crippen LogP contribution in [0.5, 0.6) is 0 Å². The Balaban J connectivity index is 0.00000324. The first-order valence-corrected chi connectivity index (χ1v) is 7.03. The lowest BCUT2D eigenvalue weighted by atomic mass is 10.2. The van der Waals surface area contributed by atoms with Crippen LogP contribution in [0.3, 0.4) is 0 Å². The first-order valence-electron chi connectivity index (χ1n) is 5.54. The summed E-state index contributed by atoms with van der Waals surface area (Å²) < 4.78 is 52.3. The van der Waals surface area contributed by atoms with Crippen LogP contribution in [0.2, 0.25) is 0 Å². The molecule has 0 aliphatic carbocycles. The molecule has 8 heteroatoms. The monoisotopic (exact) mass is 314 g/mol. The van der Waals surface area contributed by atoms with Crippen LogP contribution in [0.4, 0.5) is 8.78 Å². The van der Waals surface area contributed by atoms with Gasteiger partial charge in [0.2, 0.25) is 10.0 Å². The van der Waals surface area contributed by atoms with E-state index < -0.39 is 26.6 Å². The smallest absolute Gasteiger partial charge is 0.243 e. The molecule has 0 heterocycles. The average Bonchev–Trinajstić information content (AvgIpc) is 2.29. The first kappa shape index (κ1) is 18.2. The molecule has 1 aromatic carbocycles. The topological polar surface area (TPSA) is 58.2 Å². The third kappa shape index (κ3) is 5.02. The quantitative estimate of drug-likeness (QED) is 0.784. The zero-order chi connectivity index (χ0) is 13.8. The molecular weight excluding hydrogens is 298 g/mol. The summed E-state index contributed by atoms with van der Waals surface area (Å²) in [6.45, 7) is 4.57. The van der Waals surface area contributed by atoms with Crippen LogP contribution >= 0.6 is 12.4 Å². The second kappa shape index (κ2) is 7.74. The summed E-state index contributed by atoms with van der Waals surface area (Å²) in [6, 6.07) is 1.56. The third-order valence-electron chi connectivity index (χ3n) is 2.35. The average molecular weight is 315 g/mol. The standard InChI is InChI=1S/C11H16F2N2O2S.ClH/c1-3-14-4-5-15-18(16,17)11-6-8(2)9(12)7-10(11)13;/h6-7,14-15H,3-5H2,1-2H3;1H. The molecule has 4 nitrogen and oxygen atoms in total. The molecule has 19 heavy (non-hydrogen) atoms. The van der Waals surface area contributed by atoms with Gasteiger partial charge in [-0.1, -0.05) is 6.92 Å². The molecule has 0 spiro atoms. The third-order valence-corrected chi connectivity index (χ3v) is 3.82. The first-order chi connectivity index (χ1) is 8.38. The van der Waals surface area contributed by atoms with Crippen molar-refractivity contribution >= 4 is 22.4 Å². The summed E-state index contributed by atoms with van der Waals surface area (Å²) in [6.07, 6.45) is 0. The van der Waals surface area contributed by atoms with Crippen molar-refractivity contribution in [1.82, 2.24) is 10.0 Å². The highest BCUT2D eigenvalue weighted by Gasteiger charge is 2.20. The molecule has 0 bridgehead atoms. The van der Waals surface area contributed by atoms with Crippen LogP contribution in [0.25, 0.3) is 0 Å². The van der Waals surface area contributed by atoms with E-state index in [0.717, 1.165) is 6.07 Å². The number of nitrogens with one attached hydrogen (secondary N) is 2. The van der Waals surface area contributed by atoms with E-state index in [1.165, 1.54) is 6.92 Å². The van der Waals surface area contributed by atoms with Crippen molar-refractivity contribution < 1.29 is 17.2 Å². The molecule has 0 aliphatic heterocycles. The molecule has 0 atom stereocenters. The highest BCUT2D eigenvalue weighted by Crippen LogP contribution is 2.18. The van der Waals surface area contributed by atoms with Gasteiger partial charge in [0.25, 0.3) is 0 Å². The van der Waals surface area contributed by atoms with E-state index in [2.05, 4.69) is 10.0 Å². The van der Waals surface area contributed by atoms with Crippen molar-refractivity contribution in [3.05, 3.63) is 29.3 Å². The Morgan fingerprint density at radius 1 is 1.16 bits per heavy atom. The number of hydrogen-bond acceptors (Lipinski definition) is 3. The number of sulfonamides is 1. The zero-order valence-electron chi connectivity index (χ0n) is 10.7. The van der Waals surface area contributed by atoms with Gasteiger partial charge in [0.1, 0.15) is 16.5 Å². The summed E-state index contributed by atoms with van der Waals surface area (Å²) in [4.78, 5) is -0.530. The fourth-order valence-electron chi connectivity index (χ4n) is 1.36. The van der Waals surface area contributed by atoms with E-state index in [4.69, 9.17) is 0 Å². The molecule has 0 saturated carbocycles. The Morgan fingerprint density at radius 2 is 1.79 bits per heavy atom. The molecule has 0 radical (unpaired) electrons. The molecular formula is C11H17ClF2N2O2S. The Labute approximate surface area is 118 Å². The lowest BCUT2D eigenvalue weighted by Crippen LogP contribution is -2.32. The van der Waals surface area contributed by atoms with E-state index in [9.17, 15) is 17.2 Å². The second-order valence-electron chi connectivity index (χ2n) is 3.78. The highest BCUT2D eigenvalue weighted by atomic mass is 35.5. The lowest BCUT2D eigenvalue weighted by Gasteiger charge is -2.09. The molecule has 2 N–H and O–H groups in total. The minimum absolute atomic E-state index is 0. The number of aryl methyl sites for hydroxylation is 1. The van der Waals surface area contributed by atoms with E-state index in [1.807, 2.05) is 6.92 Å². The van der Waals surface area contributed by atoms with Crippen LogP contribution in [-0.4, -0.2) is 28.1 Å². The second-order valence-corrected chi connectivity index (χ2v) is 5.52. The minimum Gasteiger partial charge on any atom is -0.316 e. The predicted molar refractivity (Wildman–Crippen MR) is 72.1 cm³/mol. The van der Waals surface area contributed by atoms with Crippen molar-refractivity contribution in [2.45, 2.75) is 18.7 Å². The van der Waals surface area contributed by atoms with E-state index in [1.54, 1.807) is 0 Å². The fraction of sp³-hybridized carbons (Fsp3) is 0.455. The number of rotatable bonds is 6. The molecule has 110 valence electrons. The van der Waals surface area contributed by atoms with Gasteiger partial charge < -0.3 is 5.32 Å². The molecule has 1 aromatic rings. The molecule has 0 aromatic heterocycles. The maximum Gasteiger partial charge on any atom is 0.243 e. The van der Waals surface area contributed by atoms with Crippen molar-refractivity contribution in [3.63, 3.8) is 0 Å². The molecule has 0 unspecified atom stereocenters. The molecule has 1 rings (SSSR count). The Morgan fingerprint density at radius 3 is 2.37 bits per heavy atom. The van der Waals surface area contributed by atoms with Gasteiger partial charge >= 0.3 is 0 Å². The summed E-state index contributed by atoms with van der Waals surface area (Å²) >= 11 is 0. The summed E-state index contributed by atoms with van der Waals surface area (Å²) in [5.74, 6) is -1.85. The van der Waals surface area contributed by atoms with Crippen LogP contribution in [0.1, 0.15) is 12.5 Å². The van der Waals surface area contributed by atoms with Crippen LogP contribution in [-0.2, 0) is 10.0 Å². The molecule has 0 fully saturated rings. The lowest BCUT2D eigenvalue weighted by molar-refractivity contribution is 0.539. The number of likely N-dealkylation sites (N-methyl/N-ethyl adjacent to an activating group) is 1. The van der Waals surface area contributed by atoms with Crippen molar-refractivity contribution in [3.8, 4) is 0 Å². The zero-order valence-corrected chi connectivity index (χ0v) is 12.3. The summed E-state index contributed by atoms with van der Waals surface area (Å²) in [7, 11) is -3.94. The predicted octanol–water partition coefficient (Wildman–Crippen LogP) is 1.58. The normalized spacial score (nSPS) is 11.2. The summed E-state index contributed by atoms with van der Waals surface area (Å²) in [5, 5.41) is 2.93. The van der Waals surface area contributed by atoms with Gasteiger partial charge in [-0.05, 0) is 25.1 Å². The van der Waals surface area contributed by atoms with Crippen LogP contribution < -0.4 is 10.0 Å². The van der Waals surface area contributed by atoms with Gasteiger partial charge in [-0.3, -0.25) is 0 Å². The Kier molecular flexibility index (Phi) is 7.43. The van der Waals surface area contributed by atoms with E-state index in [-0.39, 0.29) is 24.5 Å². The van der Waals surface area contributed by atoms with Gasteiger partial charge in [-0.25, -0.2) is 21.9 Å². The van der Waals surface area contributed by atoms with Gasteiger partial charge in [-0.15, -0.1) is 12.4 Å². The maximum atomic E-state index is 13.4. The number of benzene rings is 1. The van der Waals surface area contributed by atoms with Gasteiger partial charge in [0, 0.05) is 19.2 Å². The van der Waals surface area contributed by atoms with Crippen LogP contribution in [0, 0.1) is 18.6 Å². The van der Waals surface area contributed by atoms with Crippen molar-refractivity contribution in [1.29, 1.82) is 0 Å². The van der Waals surface area contributed by atoms with Gasteiger partial charge in [-0.2, -0.15) is 0 Å². The van der Waals surface area contributed by atoms with Crippen molar-refractivity contribution in [2.24, 2.45) is 0 Å². The number of halogens is 3. The fourth-order valence-corrected chi connectivity index (χ4v) is 2.54. The van der Waals surface area contributed by atoms with Crippen LogP contribution in [0.15, 0.2) is 17.0 Å². The number of hydrogen-bond donors (Lipinski definition) is 2. The summed E-state index contributed by atoms with van der Waals surface area (Å²) in [5.41, 5.74) is 0.0865. The van der Waals surface area contributed by atoms with Crippen molar-refractivity contribution in [2.75, 3.05) is 19.6 Å². The molecule has 0 amide bonds. The van der Waals surface area contributed by atoms with Gasteiger partial charge in [0.15, 0.2) is 0 Å². The van der Waals surface area contributed by atoms with E-state index >= 15 is 0 Å². The maximum absolute atomic E-state index is 13.4. The minimum atomic E-state index is -3.94. The largest absolute Gasteiger partial charge is 0.316 e. The molecule has 0 aliphatic rings. The Bertz CT molecular complexity index is 524. The SMILES string of the molecule is CCNCCNS(=O)(=O)c1cc(C)c(F)cc1F.Cl. The molecule has 0 saturated heterocycles. The van der Waals surface area contributed by atoms with E-state index in [0.29, 0.717) is 19.2 Å². The Hall–Kier alpha value is -0.760. The highest BCUT2D eigenvalue weighted by molar-refractivity contribution is 7.89. The van der Waals surface area contributed by atoms with Gasteiger partial charge in [0.05, 0.1) is 0 Å².